The largest absolute Gasteiger partial charge is 0.481 e. The van der Waals surface area contributed by atoms with Crippen molar-refractivity contribution in [2.24, 2.45) is 0 Å². The molecule has 212 valence electrons. The third kappa shape index (κ3) is 6.13. The molecule has 0 aliphatic carbocycles. The molecule has 0 atom stereocenters. The van der Waals surface area contributed by atoms with Gasteiger partial charge in [-0.25, -0.2) is 0 Å². The van der Waals surface area contributed by atoms with Crippen LogP contribution in [0.25, 0.3) is 0 Å². The second-order valence-electron chi connectivity index (χ2n) is 11.4. The van der Waals surface area contributed by atoms with Gasteiger partial charge in [0.2, 0.25) is 5.69 Å². The van der Waals surface area contributed by atoms with E-state index in [-0.39, 0.29) is 23.0 Å². The van der Waals surface area contributed by atoms with E-state index in [1.54, 1.807) is 0 Å². The summed E-state index contributed by atoms with van der Waals surface area (Å²) in [5.41, 5.74) is 6.26. The molecule has 0 aromatic heterocycles. The summed E-state index contributed by atoms with van der Waals surface area (Å²) in [5, 5.41) is 9.14. The highest BCUT2D eigenvalue weighted by atomic mass is 32.2. The third-order valence-electron chi connectivity index (χ3n) is 7.89. The van der Waals surface area contributed by atoms with Crippen molar-refractivity contribution in [3.8, 4) is 0 Å². The summed E-state index contributed by atoms with van der Waals surface area (Å²) >= 11 is 0. The predicted molar refractivity (Wildman–Crippen MR) is 160 cm³/mol. The van der Waals surface area contributed by atoms with Gasteiger partial charge in [-0.2, -0.15) is 13.0 Å². The molecule has 0 radical (unpaired) electrons. The minimum Gasteiger partial charge on any atom is -0.481 e. The Kier molecular flexibility index (Phi) is 8.52. The van der Waals surface area contributed by atoms with E-state index >= 15 is 0 Å². The first-order valence-electron chi connectivity index (χ1n) is 13.7. The number of benzene rings is 2. The van der Waals surface area contributed by atoms with Gasteiger partial charge in [-0.15, -0.1) is 0 Å². The van der Waals surface area contributed by atoms with Gasteiger partial charge in [-0.1, -0.05) is 68.5 Å². The average molecular weight is 564 g/mol. The molecule has 2 aromatic carbocycles. The maximum Gasteiger partial charge on any atom is 0.303 e. The molecule has 0 spiro atoms. The standard InChI is InChI=1S/C32H38N2O5S/c1-31(2)24-14-8-10-16-26(24)33(21-12-20-30(35)36)28(31)18-6-5-7-19-29-32(3,4)25-15-9-11-17-27(25)34(29)22-13-23-40(37,38)39/h5-11,14-19H,12-13,20-23H2,1-4H3,(H-,35,36,37,38,39)/p+1. The van der Waals surface area contributed by atoms with Crippen molar-refractivity contribution in [1.82, 2.24) is 0 Å². The van der Waals surface area contributed by atoms with Crippen molar-refractivity contribution in [3.63, 3.8) is 0 Å². The Balaban J connectivity index is 1.60. The maximum absolute atomic E-state index is 11.3. The molecule has 0 bridgehead atoms. The number of allylic oxidation sites excluding steroid dienone is 6. The molecule has 7 nitrogen and oxygen atoms in total. The molecule has 40 heavy (non-hydrogen) atoms. The van der Waals surface area contributed by atoms with Crippen LogP contribution in [-0.4, -0.2) is 53.2 Å². The summed E-state index contributed by atoms with van der Waals surface area (Å²) in [4.78, 5) is 13.3. The molecule has 2 heterocycles. The lowest BCUT2D eigenvalue weighted by Gasteiger charge is -2.27. The smallest absolute Gasteiger partial charge is 0.303 e. The molecule has 0 unspecified atom stereocenters. The first kappa shape index (κ1) is 29.5. The highest BCUT2D eigenvalue weighted by Gasteiger charge is 2.44. The first-order valence-corrected chi connectivity index (χ1v) is 15.3. The number of fused-ring (bicyclic) bond motifs is 2. The van der Waals surface area contributed by atoms with Crippen molar-refractivity contribution in [2.45, 2.75) is 57.8 Å². The Hall–Kier alpha value is -3.49. The van der Waals surface area contributed by atoms with E-state index in [1.807, 2.05) is 48.6 Å². The van der Waals surface area contributed by atoms with Crippen LogP contribution in [0, 0.1) is 0 Å². The van der Waals surface area contributed by atoms with Gasteiger partial charge in [-0.3, -0.25) is 9.35 Å². The number of hydrogen-bond donors (Lipinski definition) is 2. The summed E-state index contributed by atoms with van der Waals surface area (Å²) in [6.07, 6.45) is 11.2. The number of nitrogens with zero attached hydrogens (tertiary/aromatic N) is 2. The maximum atomic E-state index is 11.3. The van der Waals surface area contributed by atoms with Crippen LogP contribution in [0.15, 0.2) is 84.6 Å². The molecule has 2 N–H and O–H groups in total. The minimum absolute atomic E-state index is 0.127. The number of rotatable bonds is 11. The van der Waals surface area contributed by atoms with Gasteiger partial charge in [0.15, 0.2) is 5.71 Å². The normalized spacial score (nSPS) is 18.7. The molecule has 2 aromatic rings. The van der Waals surface area contributed by atoms with Crippen molar-refractivity contribution in [2.75, 3.05) is 23.7 Å². The Morgan fingerprint density at radius 1 is 0.925 bits per heavy atom. The number of carboxylic acids is 1. The van der Waals surface area contributed by atoms with Gasteiger partial charge < -0.3 is 10.0 Å². The van der Waals surface area contributed by atoms with Crippen LogP contribution < -0.4 is 4.90 Å². The summed E-state index contributed by atoms with van der Waals surface area (Å²) in [5.74, 6) is -1.07. The lowest BCUT2D eigenvalue weighted by molar-refractivity contribution is -0.438. The highest BCUT2D eigenvalue weighted by Crippen LogP contribution is 2.47. The van der Waals surface area contributed by atoms with E-state index in [1.165, 1.54) is 11.1 Å². The molecule has 0 saturated carbocycles. The second-order valence-corrected chi connectivity index (χ2v) is 13.0. The fourth-order valence-electron chi connectivity index (χ4n) is 5.91. The number of carboxylic acid groups (broad SMARTS) is 1. The molecular formula is C32H39N2O5S+. The molecule has 2 aliphatic heterocycles. The molecule has 0 fully saturated rings. The average Bonchev–Trinajstić information content (AvgIpc) is 3.22. The van der Waals surface area contributed by atoms with Gasteiger partial charge in [0.1, 0.15) is 6.54 Å². The van der Waals surface area contributed by atoms with Crippen molar-refractivity contribution in [3.05, 3.63) is 95.7 Å². The Morgan fingerprint density at radius 3 is 2.30 bits per heavy atom. The Bertz CT molecular complexity index is 1510. The van der Waals surface area contributed by atoms with E-state index in [0.29, 0.717) is 25.9 Å². The molecule has 4 rings (SSSR count). The quantitative estimate of drug-likeness (QED) is 0.198. The van der Waals surface area contributed by atoms with Crippen LogP contribution in [0.2, 0.25) is 0 Å². The van der Waals surface area contributed by atoms with Crippen LogP contribution >= 0.6 is 0 Å². The number of hydrogen-bond acceptors (Lipinski definition) is 4. The van der Waals surface area contributed by atoms with E-state index < -0.39 is 16.1 Å². The number of carbonyl (C=O) groups is 1. The van der Waals surface area contributed by atoms with E-state index in [9.17, 15) is 17.8 Å². The fourth-order valence-corrected chi connectivity index (χ4v) is 6.41. The third-order valence-corrected chi connectivity index (χ3v) is 8.69. The zero-order valence-electron chi connectivity index (χ0n) is 23.7. The summed E-state index contributed by atoms with van der Waals surface area (Å²) < 4.78 is 34.1. The molecule has 8 heteroatoms. The van der Waals surface area contributed by atoms with Gasteiger partial charge >= 0.3 is 5.97 Å². The summed E-state index contributed by atoms with van der Waals surface area (Å²) in [6.45, 7) is 9.81. The van der Waals surface area contributed by atoms with Crippen LogP contribution in [0.1, 0.15) is 58.1 Å². The number of aliphatic carboxylic acids is 1. The molecular weight excluding hydrogens is 524 g/mol. The van der Waals surface area contributed by atoms with Crippen molar-refractivity contribution in [1.29, 1.82) is 0 Å². The number of para-hydroxylation sites is 2. The van der Waals surface area contributed by atoms with E-state index in [4.69, 9.17) is 5.11 Å². The van der Waals surface area contributed by atoms with E-state index in [0.717, 1.165) is 22.8 Å². The monoisotopic (exact) mass is 563 g/mol. The van der Waals surface area contributed by atoms with Crippen LogP contribution in [-0.2, 0) is 25.7 Å². The predicted octanol–water partition coefficient (Wildman–Crippen LogP) is 6.00. The summed E-state index contributed by atoms with van der Waals surface area (Å²) in [6, 6.07) is 16.4. The van der Waals surface area contributed by atoms with Crippen molar-refractivity contribution < 1.29 is 27.4 Å². The van der Waals surface area contributed by atoms with Gasteiger partial charge in [0.05, 0.1) is 17.6 Å². The fraction of sp³-hybridized carbons (Fsp3) is 0.375. The zero-order chi connectivity index (χ0) is 29.1. The topological polar surface area (TPSA) is 97.9 Å². The van der Waals surface area contributed by atoms with Crippen LogP contribution in [0.4, 0.5) is 11.4 Å². The second kappa shape index (κ2) is 11.6. The van der Waals surface area contributed by atoms with E-state index in [2.05, 4.69) is 67.5 Å². The van der Waals surface area contributed by atoms with Gasteiger partial charge in [0.25, 0.3) is 10.1 Å². The molecule has 0 amide bonds. The number of anilines is 1. The Labute approximate surface area is 237 Å². The summed E-state index contributed by atoms with van der Waals surface area (Å²) in [7, 11) is -4.02. The van der Waals surface area contributed by atoms with Crippen LogP contribution in [0.3, 0.4) is 0 Å². The molecule has 2 aliphatic rings. The first-order chi connectivity index (χ1) is 18.8. The SMILES string of the molecule is CC1(C)C(=CC=CC=CC2=[N+](CCCC(=O)O)c3ccccc3C2(C)C)N(CCCS(=O)(=O)O)c2ccccc21. The van der Waals surface area contributed by atoms with Gasteiger partial charge in [-0.05, 0) is 38.0 Å². The van der Waals surface area contributed by atoms with Crippen molar-refractivity contribution >= 4 is 33.2 Å². The van der Waals surface area contributed by atoms with Gasteiger partial charge in [0, 0.05) is 47.5 Å². The lowest BCUT2D eigenvalue weighted by atomic mass is 9.81. The van der Waals surface area contributed by atoms with Crippen LogP contribution in [0.5, 0.6) is 0 Å². The zero-order valence-corrected chi connectivity index (χ0v) is 24.5. The molecule has 0 saturated heterocycles. The Morgan fingerprint density at radius 2 is 1.60 bits per heavy atom. The minimum atomic E-state index is -4.02. The lowest BCUT2D eigenvalue weighted by Crippen LogP contribution is -2.28. The highest BCUT2D eigenvalue weighted by molar-refractivity contribution is 7.85.